The van der Waals surface area contributed by atoms with E-state index in [9.17, 15) is 13.2 Å². The fraction of sp³-hybridized carbons (Fsp3) is 0.778. The highest BCUT2D eigenvalue weighted by Gasteiger charge is 2.38. The summed E-state index contributed by atoms with van der Waals surface area (Å²) in [4.78, 5) is 3.36. The third-order valence-corrected chi connectivity index (χ3v) is 2.50. The molecule has 0 bridgehead atoms. The monoisotopic (exact) mass is 237 g/mol. The Kier molecular flexibility index (Phi) is 3.90. The van der Waals surface area contributed by atoms with Gasteiger partial charge in [0.05, 0.1) is 5.92 Å². The fourth-order valence-corrected chi connectivity index (χ4v) is 1.52. The lowest BCUT2D eigenvalue weighted by Gasteiger charge is -2.18. The summed E-state index contributed by atoms with van der Waals surface area (Å²) in [5, 5.41) is 5.91. The van der Waals surface area contributed by atoms with Crippen LogP contribution in [0.2, 0.25) is 0 Å². The van der Waals surface area contributed by atoms with E-state index in [1.807, 2.05) is 6.92 Å². The molecule has 1 N–H and O–H groups in total. The lowest BCUT2D eigenvalue weighted by atomic mass is 10.00. The van der Waals surface area contributed by atoms with Gasteiger partial charge in [-0.2, -0.15) is 18.2 Å². The van der Waals surface area contributed by atoms with Gasteiger partial charge in [0.1, 0.15) is 0 Å². The first-order chi connectivity index (χ1) is 7.40. The van der Waals surface area contributed by atoms with Crippen LogP contribution in [0.4, 0.5) is 13.2 Å². The van der Waals surface area contributed by atoms with Gasteiger partial charge in [0.15, 0.2) is 0 Å². The minimum atomic E-state index is -4.55. The number of likely N-dealkylation sites (N-methyl/N-ethyl adjacent to an activating group) is 1. The van der Waals surface area contributed by atoms with Gasteiger partial charge < -0.3 is 9.84 Å². The van der Waals surface area contributed by atoms with E-state index < -0.39 is 12.0 Å². The predicted molar refractivity (Wildman–Crippen MR) is 50.9 cm³/mol. The molecule has 0 saturated carbocycles. The van der Waals surface area contributed by atoms with Crippen LogP contribution in [0.15, 0.2) is 4.52 Å². The van der Waals surface area contributed by atoms with Gasteiger partial charge in [0.25, 0.3) is 5.82 Å². The number of aromatic nitrogens is 2. The van der Waals surface area contributed by atoms with E-state index in [1.54, 1.807) is 14.0 Å². The molecule has 1 aromatic heterocycles. The number of rotatable bonds is 4. The fourth-order valence-electron chi connectivity index (χ4n) is 1.52. The molecule has 0 fully saturated rings. The van der Waals surface area contributed by atoms with Crippen molar-refractivity contribution in [3.05, 3.63) is 11.7 Å². The number of nitrogens with one attached hydrogen (secondary N) is 1. The van der Waals surface area contributed by atoms with E-state index in [2.05, 4.69) is 20.0 Å². The zero-order chi connectivity index (χ0) is 12.3. The van der Waals surface area contributed by atoms with Crippen LogP contribution in [-0.2, 0) is 6.18 Å². The Morgan fingerprint density at radius 3 is 2.44 bits per heavy atom. The van der Waals surface area contributed by atoms with E-state index >= 15 is 0 Å². The molecule has 92 valence electrons. The van der Waals surface area contributed by atoms with Crippen LogP contribution in [-0.4, -0.2) is 23.2 Å². The second-order valence-corrected chi connectivity index (χ2v) is 3.55. The molecule has 2 atom stereocenters. The van der Waals surface area contributed by atoms with Gasteiger partial charge in [-0.15, -0.1) is 0 Å². The summed E-state index contributed by atoms with van der Waals surface area (Å²) in [7, 11) is 1.74. The highest BCUT2D eigenvalue weighted by molar-refractivity contribution is 4.98. The van der Waals surface area contributed by atoms with Gasteiger partial charge >= 0.3 is 6.18 Å². The van der Waals surface area contributed by atoms with Crippen molar-refractivity contribution in [3.63, 3.8) is 0 Å². The van der Waals surface area contributed by atoms with Crippen molar-refractivity contribution in [2.45, 2.75) is 38.4 Å². The average Bonchev–Trinajstić information content (AvgIpc) is 2.67. The molecule has 2 unspecified atom stereocenters. The van der Waals surface area contributed by atoms with E-state index in [0.29, 0.717) is 0 Å². The minimum absolute atomic E-state index is 0.00789. The van der Waals surface area contributed by atoms with Crippen LogP contribution in [0.25, 0.3) is 0 Å². The highest BCUT2D eigenvalue weighted by atomic mass is 19.4. The number of nitrogens with zero attached hydrogens (tertiary/aromatic N) is 2. The standard InChI is InChI=1S/C9H14F3N3O/c1-4-6(13-3)5(2)7-14-8(15-16-7)9(10,11)12/h5-6,13H,4H2,1-3H3. The van der Waals surface area contributed by atoms with Crippen molar-refractivity contribution in [2.75, 3.05) is 7.05 Å². The van der Waals surface area contributed by atoms with Gasteiger partial charge in [0, 0.05) is 6.04 Å². The van der Waals surface area contributed by atoms with Crippen LogP contribution < -0.4 is 5.32 Å². The van der Waals surface area contributed by atoms with Crippen LogP contribution in [0.5, 0.6) is 0 Å². The molecule has 0 aliphatic carbocycles. The molecule has 0 spiro atoms. The largest absolute Gasteiger partial charge is 0.455 e. The minimum Gasteiger partial charge on any atom is -0.339 e. The molecule has 1 rings (SSSR count). The lowest BCUT2D eigenvalue weighted by Crippen LogP contribution is -2.30. The Morgan fingerprint density at radius 1 is 1.44 bits per heavy atom. The van der Waals surface area contributed by atoms with E-state index in [0.717, 1.165) is 6.42 Å². The number of hydrogen-bond acceptors (Lipinski definition) is 4. The average molecular weight is 237 g/mol. The third kappa shape index (κ3) is 2.72. The predicted octanol–water partition coefficient (Wildman–Crippen LogP) is 2.19. The molecule has 0 radical (unpaired) electrons. The lowest BCUT2D eigenvalue weighted by molar-refractivity contribution is -0.146. The summed E-state index contributed by atoms with van der Waals surface area (Å²) < 4.78 is 41.3. The molecule has 0 saturated heterocycles. The van der Waals surface area contributed by atoms with Crippen LogP contribution in [0, 0.1) is 0 Å². The van der Waals surface area contributed by atoms with Crippen molar-refractivity contribution >= 4 is 0 Å². The molecular formula is C9H14F3N3O. The van der Waals surface area contributed by atoms with E-state index in [-0.39, 0.29) is 17.9 Å². The van der Waals surface area contributed by atoms with Gasteiger partial charge in [-0.3, -0.25) is 0 Å². The Balaban J connectivity index is 2.85. The Bertz CT molecular complexity index is 333. The van der Waals surface area contributed by atoms with Gasteiger partial charge in [-0.25, -0.2) is 0 Å². The zero-order valence-corrected chi connectivity index (χ0v) is 9.30. The third-order valence-electron chi connectivity index (χ3n) is 2.50. The SMILES string of the molecule is CCC(NC)C(C)c1nc(C(F)(F)F)no1. The van der Waals surface area contributed by atoms with Gasteiger partial charge in [-0.1, -0.05) is 19.0 Å². The molecule has 0 amide bonds. The summed E-state index contributed by atoms with van der Waals surface area (Å²) in [6.45, 7) is 3.68. The van der Waals surface area contributed by atoms with E-state index in [1.165, 1.54) is 0 Å². The summed E-state index contributed by atoms with van der Waals surface area (Å²) >= 11 is 0. The first-order valence-corrected chi connectivity index (χ1v) is 4.98. The normalized spacial score (nSPS) is 16.1. The van der Waals surface area contributed by atoms with Crippen LogP contribution >= 0.6 is 0 Å². The van der Waals surface area contributed by atoms with Crippen LogP contribution in [0.3, 0.4) is 0 Å². The Morgan fingerprint density at radius 2 is 2.06 bits per heavy atom. The summed E-state index contributed by atoms with van der Waals surface area (Å²) in [5.74, 6) is -1.47. The summed E-state index contributed by atoms with van der Waals surface area (Å²) in [5.41, 5.74) is 0. The summed E-state index contributed by atoms with van der Waals surface area (Å²) in [6, 6.07) is 0.0153. The number of alkyl halides is 3. The molecule has 0 aliphatic rings. The molecular weight excluding hydrogens is 223 g/mol. The molecule has 0 aromatic carbocycles. The summed E-state index contributed by atoms with van der Waals surface area (Å²) in [6.07, 6.45) is -3.79. The topological polar surface area (TPSA) is 51.0 Å². The molecule has 1 aromatic rings. The number of halogens is 3. The maximum absolute atomic E-state index is 12.2. The molecule has 7 heteroatoms. The second-order valence-electron chi connectivity index (χ2n) is 3.55. The smallest absolute Gasteiger partial charge is 0.339 e. The van der Waals surface area contributed by atoms with Crippen LogP contribution in [0.1, 0.15) is 37.9 Å². The zero-order valence-electron chi connectivity index (χ0n) is 9.30. The van der Waals surface area contributed by atoms with Gasteiger partial charge in [-0.05, 0) is 13.5 Å². The molecule has 0 aliphatic heterocycles. The maximum atomic E-state index is 12.2. The maximum Gasteiger partial charge on any atom is 0.455 e. The van der Waals surface area contributed by atoms with Crippen molar-refractivity contribution in [3.8, 4) is 0 Å². The van der Waals surface area contributed by atoms with E-state index in [4.69, 9.17) is 0 Å². The Hall–Kier alpha value is -1.11. The Labute approximate surface area is 91.2 Å². The van der Waals surface area contributed by atoms with Crippen molar-refractivity contribution in [1.29, 1.82) is 0 Å². The first-order valence-electron chi connectivity index (χ1n) is 4.98. The van der Waals surface area contributed by atoms with Crippen molar-refractivity contribution < 1.29 is 17.7 Å². The molecule has 4 nitrogen and oxygen atoms in total. The number of hydrogen-bond donors (Lipinski definition) is 1. The van der Waals surface area contributed by atoms with Crippen molar-refractivity contribution in [1.82, 2.24) is 15.5 Å². The first kappa shape index (κ1) is 13.0. The quantitative estimate of drug-likeness (QED) is 0.872. The van der Waals surface area contributed by atoms with Gasteiger partial charge in [0.2, 0.25) is 5.89 Å². The second kappa shape index (κ2) is 4.82. The molecule has 16 heavy (non-hydrogen) atoms. The highest BCUT2D eigenvalue weighted by Crippen LogP contribution is 2.28. The molecule has 1 heterocycles. The van der Waals surface area contributed by atoms with Crippen molar-refractivity contribution in [2.24, 2.45) is 0 Å².